The van der Waals surface area contributed by atoms with Gasteiger partial charge in [-0.05, 0) is 44.2 Å². The Morgan fingerprint density at radius 3 is 2.82 bits per heavy atom. The molecule has 3 atom stereocenters. The number of halogens is 1. The van der Waals surface area contributed by atoms with E-state index in [1.165, 1.54) is 25.7 Å². The SMILES string of the molecule is CC1CCCC(NC(=O)CC2CCNC2)C1.Cl. The van der Waals surface area contributed by atoms with Crippen LogP contribution in [0.5, 0.6) is 0 Å². The lowest BCUT2D eigenvalue weighted by molar-refractivity contribution is -0.122. The summed E-state index contributed by atoms with van der Waals surface area (Å²) in [7, 11) is 0. The van der Waals surface area contributed by atoms with Gasteiger partial charge in [0.25, 0.3) is 0 Å². The first-order valence-corrected chi connectivity index (χ1v) is 6.74. The fraction of sp³-hybridized carbons (Fsp3) is 0.923. The first-order valence-electron chi connectivity index (χ1n) is 6.74. The molecule has 1 saturated heterocycles. The van der Waals surface area contributed by atoms with Gasteiger partial charge in [0.1, 0.15) is 0 Å². The highest BCUT2D eigenvalue weighted by Crippen LogP contribution is 2.23. The quantitative estimate of drug-likeness (QED) is 0.816. The molecule has 1 heterocycles. The molecule has 2 aliphatic rings. The standard InChI is InChI=1S/C13H24N2O.ClH/c1-10-3-2-4-12(7-10)15-13(16)8-11-5-6-14-9-11;/h10-12,14H,2-9H2,1H3,(H,15,16);1H. The summed E-state index contributed by atoms with van der Waals surface area (Å²) in [4.78, 5) is 11.8. The lowest BCUT2D eigenvalue weighted by Crippen LogP contribution is -2.38. The van der Waals surface area contributed by atoms with Crippen LogP contribution in [0.2, 0.25) is 0 Å². The van der Waals surface area contributed by atoms with E-state index in [0.717, 1.165) is 31.8 Å². The van der Waals surface area contributed by atoms with Gasteiger partial charge < -0.3 is 10.6 Å². The molecule has 1 aliphatic carbocycles. The van der Waals surface area contributed by atoms with Crippen LogP contribution in [0.25, 0.3) is 0 Å². The van der Waals surface area contributed by atoms with Crippen LogP contribution in [0.1, 0.15) is 45.4 Å². The predicted molar refractivity (Wildman–Crippen MR) is 72.4 cm³/mol. The van der Waals surface area contributed by atoms with Gasteiger partial charge in [-0.15, -0.1) is 12.4 Å². The number of hydrogen-bond acceptors (Lipinski definition) is 2. The van der Waals surface area contributed by atoms with Gasteiger partial charge in [0.05, 0.1) is 0 Å². The maximum Gasteiger partial charge on any atom is 0.220 e. The Kier molecular flexibility index (Phi) is 6.28. The van der Waals surface area contributed by atoms with E-state index in [1.54, 1.807) is 0 Å². The molecular weight excluding hydrogens is 236 g/mol. The Morgan fingerprint density at radius 1 is 1.35 bits per heavy atom. The van der Waals surface area contributed by atoms with E-state index in [9.17, 15) is 4.79 Å². The first kappa shape index (κ1) is 14.8. The third-order valence-corrected chi connectivity index (χ3v) is 3.94. The number of carbonyl (C=O) groups is 1. The molecule has 1 amide bonds. The molecule has 0 aromatic rings. The Bertz CT molecular complexity index is 242. The van der Waals surface area contributed by atoms with Crippen LogP contribution in [0.4, 0.5) is 0 Å². The molecule has 0 bridgehead atoms. The van der Waals surface area contributed by atoms with Crippen LogP contribution in [0.15, 0.2) is 0 Å². The highest BCUT2D eigenvalue weighted by atomic mass is 35.5. The van der Waals surface area contributed by atoms with E-state index in [0.29, 0.717) is 12.0 Å². The summed E-state index contributed by atoms with van der Waals surface area (Å²) < 4.78 is 0. The average Bonchev–Trinajstić information content (AvgIpc) is 2.70. The summed E-state index contributed by atoms with van der Waals surface area (Å²) in [5.41, 5.74) is 0. The molecule has 100 valence electrons. The van der Waals surface area contributed by atoms with Crippen molar-refractivity contribution in [2.75, 3.05) is 13.1 Å². The van der Waals surface area contributed by atoms with Crippen molar-refractivity contribution in [3.63, 3.8) is 0 Å². The maximum absolute atomic E-state index is 11.8. The van der Waals surface area contributed by atoms with Gasteiger partial charge in [0, 0.05) is 12.5 Å². The molecule has 3 nitrogen and oxygen atoms in total. The predicted octanol–water partition coefficient (Wildman–Crippen LogP) is 2.10. The Hall–Kier alpha value is -0.280. The van der Waals surface area contributed by atoms with Gasteiger partial charge in [0.2, 0.25) is 5.91 Å². The molecule has 3 unspecified atom stereocenters. The van der Waals surface area contributed by atoms with Crippen LogP contribution < -0.4 is 10.6 Å². The van der Waals surface area contributed by atoms with Crippen molar-refractivity contribution in [1.82, 2.24) is 10.6 Å². The summed E-state index contributed by atoms with van der Waals surface area (Å²) in [6, 6.07) is 0.450. The smallest absolute Gasteiger partial charge is 0.220 e. The third-order valence-electron chi connectivity index (χ3n) is 3.94. The molecule has 0 spiro atoms. The summed E-state index contributed by atoms with van der Waals surface area (Å²) in [5, 5.41) is 6.52. The van der Waals surface area contributed by atoms with Crippen LogP contribution in [-0.2, 0) is 4.79 Å². The maximum atomic E-state index is 11.8. The molecule has 17 heavy (non-hydrogen) atoms. The Balaban J connectivity index is 0.00000144. The number of hydrogen-bond donors (Lipinski definition) is 2. The molecule has 0 aromatic heterocycles. The van der Waals surface area contributed by atoms with E-state index in [1.807, 2.05) is 0 Å². The van der Waals surface area contributed by atoms with Gasteiger partial charge >= 0.3 is 0 Å². The largest absolute Gasteiger partial charge is 0.353 e. The molecule has 2 fully saturated rings. The number of carbonyl (C=O) groups excluding carboxylic acids is 1. The van der Waals surface area contributed by atoms with Crippen molar-refractivity contribution >= 4 is 18.3 Å². The van der Waals surface area contributed by atoms with Gasteiger partial charge in [0.15, 0.2) is 0 Å². The van der Waals surface area contributed by atoms with Crippen molar-refractivity contribution in [2.24, 2.45) is 11.8 Å². The first-order chi connectivity index (χ1) is 7.74. The summed E-state index contributed by atoms with van der Waals surface area (Å²) in [5.74, 6) is 1.63. The van der Waals surface area contributed by atoms with Crippen molar-refractivity contribution < 1.29 is 4.79 Å². The second kappa shape index (κ2) is 7.22. The fourth-order valence-corrected chi connectivity index (χ4v) is 3.00. The van der Waals surface area contributed by atoms with Crippen LogP contribution in [0, 0.1) is 11.8 Å². The normalized spacial score (nSPS) is 32.9. The summed E-state index contributed by atoms with van der Waals surface area (Å²) >= 11 is 0. The molecule has 4 heteroatoms. The van der Waals surface area contributed by atoms with Crippen molar-refractivity contribution in [1.29, 1.82) is 0 Å². The van der Waals surface area contributed by atoms with Crippen LogP contribution in [0.3, 0.4) is 0 Å². The zero-order valence-corrected chi connectivity index (χ0v) is 11.5. The molecular formula is C13H25ClN2O. The van der Waals surface area contributed by atoms with Gasteiger partial charge in [-0.2, -0.15) is 0 Å². The topological polar surface area (TPSA) is 41.1 Å². The zero-order valence-electron chi connectivity index (χ0n) is 10.7. The van der Waals surface area contributed by atoms with E-state index in [-0.39, 0.29) is 18.3 Å². The zero-order chi connectivity index (χ0) is 11.4. The third kappa shape index (κ3) is 4.84. The average molecular weight is 261 g/mol. The Morgan fingerprint density at radius 2 is 2.18 bits per heavy atom. The Labute approximate surface area is 111 Å². The number of rotatable bonds is 3. The minimum absolute atomic E-state index is 0. The number of amides is 1. The second-order valence-corrected chi connectivity index (χ2v) is 5.60. The minimum atomic E-state index is 0. The fourth-order valence-electron chi connectivity index (χ4n) is 3.00. The van der Waals surface area contributed by atoms with E-state index in [4.69, 9.17) is 0 Å². The molecule has 2 rings (SSSR count). The monoisotopic (exact) mass is 260 g/mol. The summed E-state index contributed by atoms with van der Waals surface area (Å²) in [6.45, 7) is 4.39. The lowest BCUT2D eigenvalue weighted by atomic mass is 9.87. The number of nitrogens with one attached hydrogen (secondary N) is 2. The molecule has 2 N–H and O–H groups in total. The van der Waals surface area contributed by atoms with Crippen LogP contribution >= 0.6 is 12.4 Å². The van der Waals surface area contributed by atoms with Crippen molar-refractivity contribution in [3.05, 3.63) is 0 Å². The van der Waals surface area contributed by atoms with E-state index in [2.05, 4.69) is 17.6 Å². The van der Waals surface area contributed by atoms with Gasteiger partial charge in [-0.25, -0.2) is 0 Å². The second-order valence-electron chi connectivity index (χ2n) is 5.60. The summed E-state index contributed by atoms with van der Waals surface area (Å²) in [6.07, 6.45) is 6.84. The molecule has 0 radical (unpaired) electrons. The highest BCUT2D eigenvalue weighted by Gasteiger charge is 2.23. The van der Waals surface area contributed by atoms with Gasteiger partial charge in [-0.1, -0.05) is 19.8 Å². The minimum Gasteiger partial charge on any atom is -0.353 e. The van der Waals surface area contributed by atoms with Crippen molar-refractivity contribution in [2.45, 2.75) is 51.5 Å². The molecule has 1 saturated carbocycles. The van der Waals surface area contributed by atoms with E-state index >= 15 is 0 Å². The van der Waals surface area contributed by atoms with Crippen molar-refractivity contribution in [3.8, 4) is 0 Å². The molecule has 0 aromatic carbocycles. The molecule has 1 aliphatic heterocycles. The highest BCUT2D eigenvalue weighted by molar-refractivity contribution is 5.85. The lowest BCUT2D eigenvalue weighted by Gasteiger charge is -2.27. The van der Waals surface area contributed by atoms with E-state index < -0.39 is 0 Å². The van der Waals surface area contributed by atoms with Gasteiger partial charge in [-0.3, -0.25) is 4.79 Å². The van der Waals surface area contributed by atoms with Crippen LogP contribution in [-0.4, -0.2) is 25.0 Å².